The van der Waals surface area contributed by atoms with Gasteiger partial charge in [0.15, 0.2) is 11.5 Å². The Morgan fingerprint density at radius 2 is 1.60 bits per heavy atom. The summed E-state index contributed by atoms with van der Waals surface area (Å²) in [6.45, 7) is 2.12. The molecule has 2 amide bonds. The van der Waals surface area contributed by atoms with E-state index in [2.05, 4.69) is 0 Å². The highest BCUT2D eigenvalue weighted by Gasteiger charge is 2.42. The molecule has 0 saturated carbocycles. The van der Waals surface area contributed by atoms with Crippen LogP contribution in [0.3, 0.4) is 0 Å². The molecule has 2 heterocycles. The number of urea groups is 1. The van der Waals surface area contributed by atoms with Crippen molar-refractivity contribution in [2.45, 2.75) is 18.4 Å². The van der Waals surface area contributed by atoms with Gasteiger partial charge in [0.2, 0.25) is 6.79 Å². The number of para-hydroxylation sites is 2. The summed E-state index contributed by atoms with van der Waals surface area (Å²) >= 11 is 0. The van der Waals surface area contributed by atoms with E-state index in [0.29, 0.717) is 28.4 Å². The Bertz CT molecular complexity index is 1270. The molecule has 0 fully saturated rings. The van der Waals surface area contributed by atoms with Gasteiger partial charge in [0.05, 0.1) is 17.9 Å². The zero-order valence-electron chi connectivity index (χ0n) is 16.1. The van der Waals surface area contributed by atoms with E-state index in [1.807, 2.05) is 6.07 Å². The third-order valence-corrected chi connectivity index (χ3v) is 6.93. The molecule has 5 rings (SSSR count). The van der Waals surface area contributed by atoms with Crippen LogP contribution in [0.2, 0.25) is 0 Å². The summed E-state index contributed by atoms with van der Waals surface area (Å²) in [5.41, 5.74) is 2.18. The van der Waals surface area contributed by atoms with E-state index in [4.69, 9.17) is 9.47 Å². The predicted molar refractivity (Wildman–Crippen MR) is 111 cm³/mol. The maximum atomic E-state index is 13.5. The Hall–Kier alpha value is -3.52. The number of hydrogen-bond donors (Lipinski definition) is 0. The zero-order valence-corrected chi connectivity index (χ0v) is 16.9. The number of sulfonamides is 1. The Morgan fingerprint density at radius 1 is 0.900 bits per heavy atom. The van der Waals surface area contributed by atoms with Gasteiger partial charge in [-0.25, -0.2) is 13.2 Å². The summed E-state index contributed by atoms with van der Waals surface area (Å²) in [4.78, 5) is 15.1. The fraction of sp³-hybridized carbons (Fsp3) is 0.136. The number of aryl methyl sites for hydroxylation is 1. The second-order valence-electron chi connectivity index (χ2n) is 7.08. The van der Waals surface area contributed by atoms with Crippen molar-refractivity contribution < 1.29 is 22.7 Å². The van der Waals surface area contributed by atoms with E-state index < -0.39 is 16.1 Å². The number of nitrogens with zero attached hydrogens (tertiary/aromatic N) is 2. The molecule has 30 heavy (non-hydrogen) atoms. The molecule has 0 aromatic heterocycles. The van der Waals surface area contributed by atoms with Crippen molar-refractivity contribution in [2.75, 3.05) is 16.0 Å². The van der Waals surface area contributed by atoms with Gasteiger partial charge in [0.1, 0.15) is 4.90 Å². The van der Waals surface area contributed by atoms with Gasteiger partial charge in [0, 0.05) is 0 Å². The van der Waals surface area contributed by atoms with Gasteiger partial charge in [-0.15, -0.1) is 0 Å². The lowest BCUT2D eigenvalue weighted by molar-refractivity contribution is 0.174. The number of ether oxygens (including phenoxy) is 2. The molecule has 3 aromatic carbocycles. The van der Waals surface area contributed by atoms with Gasteiger partial charge < -0.3 is 9.47 Å². The topological polar surface area (TPSA) is 76.2 Å². The SMILES string of the molecule is Cc1ccccc1N1C(=O)N(Cc2ccc3c(c2)OCO3)c2ccccc2S1(=O)=O. The molecule has 2 aliphatic rings. The highest BCUT2D eigenvalue weighted by atomic mass is 32.2. The lowest BCUT2D eigenvalue weighted by Gasteiger charge is -2.36. The van der Waals surface area contributed by atoms with Gasteiger partial charge in [-0.3, -0.25) is 4.90 Å². The highest BCUT2D eigenvalue weighted by molar-refractivity contribution is 7.94. The first-order valence-electron chi connectivity index (χ1n) is 9.37. The van der Waals surface area contributed by atoms with Gasteiger partial charge in [-0.2, -0.15) is 4.31 Å². The Balaban J connectivity index is 1.63. The van der Waals surface area contributed by atoms with Crippen molar-refractivity contribution in [3.63, 3.8) is 0 Å². The molecule has 8 heteroatoms. The summed E-state index contributed by atoms with van der Waals surface area (Å²) < 4.78 is 38.4. The number of amides is 2. The average molecular weight is 422 g/mol. The number of carbonyl (C=O) groups is 1. The predicted octanol–water partition coefficient (Wildman–Crippen LogP) is 4.06. The minimum Gasteiger partial charge on any atom is -0.454 e. The van der Waals surface area contributed by atoms with Crippen LogP contribution in [0.15, 0.2) is 71.6 Å². The number of fused-ring (bicyclic) bond motifs is 2. The van der Waals surface area contributed by atoms with Crippen LogP contribution in [0, 0.1) is 6.92 Å². The lowest BCUT2D eigenvalue weighted by atomic mass is 10.1. The molecule has 0 aliphatic carbocycles. The van der Waals surface area contributed by atoms with Crippen LogP contribution in [0.1, 0.15) is 11.1 Å². The fourth-order valence-corrected chi connectivity index (χ4v) is 5.37. The number of benzene rings is 3. The van der Waals surface area contributed by atoms with Crippen LogP contribution >= 0.6 is 0 Å². The van der Waals surface area contributed by atoms with E-state index in [9.17, 15) is 13.2 Å². The zero-order chi connectivity index (χ0) is 20.9. The summed E-state index contributed by atoms with van der Waals surface area (Å²) in [6.07, 6.45) is 0. The largest absolute Gasteiger partial charge is 0.454 e. The Kier molecular flexibility index (Phi) is 4.18. The lowest BCUT2D eigenvalue weighted by Crippen LogP contribution is -2.51. The molecular formula is C22H18N2O5S. The molecule has 0 saturated heterocycles. The highest BCUT2D eigenvalue weighted by Crippen LogP contribution is 2.39. The third-order valence-electron chi connectivity index (χ3n) is 5.19. The van der Waals surface area contributed by atoms with Crippen molar-refractivity contribution in [3.05, 3.63) is 77.9 Å². The van der Waals surface area contributed by atoms with Gasteiger partial charge in [-0.05, 0) is 48.4 Å². The van der Waals surface area contributed by atoms with E-state index in [-0.39, 0.29) is 18.2 Å². The number of anilines is 2. The quantitative estimate of drug-likeness (QED) is 0.636. The van der Waals surface area contributed by atoms with Crippen LogP contribution in [0.5, 0.6) is 11.5 Å². The van der Waals surface area contributed by atoms with Crippen molar-refractivity contribution in [3.8, 4) is 11.5 Å². The summed E-state index contributed by atoms with van der Waals surface area (Å²) in [5, 5.41) is 0. The maximum absolute atomic E-state index is 13.5. The van der Waals surface area contributed by atoms with Gasteiger partial charge in [-0.1, -0.05) is 36.4 Å². The first kappa shape index (κ1) is 18.5. The summed E-state index contributed by atoms with van der Waals surface area (Å²) in [7, 11) is -4.04. The molecule has 0 bridgehead atoms. The molecular weight excluding hydrogens is 404 g/mol. The average Bonchev–Trinajstić information content (AvgIpc) is 3.20. The Morgan fingerprint density at radius 3 is 2.40 bits per heavy atom. The maximum Gasteiger partial charge on any atom is 0.343 e. The van der Waals surface area contributed by atoms with Crippen molar-refractivity contribution in [1.82, 2.24) is 0 Å². The number of carbonyl (C=O) groups excluding carboxylic acids is 1. The molecule has 0 radical (unpaired) electrons. The van der Waals surface area contributed by atoms with Crippen LogP contribution in [0.4, 0.5) is 16.2 Å². The van der Waals surface area contributed by atoms with Crippen molar-refractivity contribution in [2.24, 2.45) is 0 Å². The number of rotatable bonds is 3. The van der Waals surface area contributed by atoms with Gasteiger partial charge in [0.25, 0.3) is 10.0 Å². The fourth-order valence-electron chi connectivity index (χ4n) is 3.71. The molecule has 0 atom stereocenters. The smallest absolute Gasteiger partial charge is 0.343 e. The monoisotopic (exact) mass is 422 g/mol. The third kappa shape index (κ3) is 2.80. The molecule has 0 unspecified atom stereocenters. The summed E-state index contributed by atoms with van der Waals surface area (Å²) in [6, 6.07) is 18.3. The molecule has 152 valence electrons. The van der Waals surface area contributed by atoms with E-state index in [1.165, 1.54) is 11.0 Å². The van der Waals surface area contributed by atoms with Crippen molar-refractivity contribution in [1.29, 1.82) is 0 Å². The van der Waals surface area contributed by atoms with Crippen LogP contribution < -0.4 is 18.7 Å². The Labute approximate surface area is 174 Å². The van der Waals surface area contributed by atoms with Gasteiger partial charge >= 0.3 is 6.03 Å². The van der Waals surface area contributed by atoms with Crippen LogP contribution in [-0.2, 0) is 16.6 Å². The normalized spacial score (nSPS) is 16.5. The molecule has 3 aromatic rings. The van der Waals surface area contributed by atoms with Crippen molar-refractivity contribution >= 4 is 27.4 Å². The van der Waals surface area contributed by atoms with E-state index in [1.54, 1.807) is 61.5 Å². The van der Waals surface area contributed by atoms with E-state index >= 15 is 0 Å². The van der Waals surface area contributed by atoms with E-state index in [0.717, 1.165) is 9.87 Å². The second-order valence-corrected chi connectivity index (χ2v) is 8.84. The molecule has 0 N–H and O–H groups in total. The van der Waals surface area contributed by atoms with Crippen LogP contribution in [-0.4, -0.2) is 21.2 Å². The molecule has 2 aliphatic heterocycles. The summed E-state index contributed by atoms with van der Waals surface area (Å²) in [5.74, 6) is 1.25. The minimum atomic E-state index is -4.04. The standard InChI is InChI=1S/C22H18N2O5S/c1-15-6-2-3-7-17(15)24-22(25)23(18-8-4-5-9-21(18)30(24,26)27)13-16-10-11-19-20(12-16)29-14-28-19/h2-12H,13-14H2,1H3. The minimum absolute atomic E-state index is 0.0913. The molecule has 0 spiro atoms. The first-order chi connectivity index (χ1) is 14.5. The second kappa shape index (κ2) is 6.77. The molecule has 7 nitrogen and oxygen atoms in total. The number of hydrogen-bond acceptors (Lipinski definition) is 5. The van der Waals surface area contributed by atoms with Crippen LogP contribution in [0.25, 0.3) is 0 Å². The first-order valence-corrected chi connectivity index (χ1v) is 10.8.